The van der Waals surface area contributed by atoms with Crippen LogP contribution in [0.15, 0.2) is 18.2 Å². The Bertz CT molecular complexity index is 591. The molecule has 1 aromatic rings. The average molecular weight is 339 g/mol. The lowest BCUT2D eigenvalue weighted by molar-refractivity contribution is -0.119. The first-order chi connectivity index (χ1) is 11.0. The highest BCUT2D eigenvalue weighted by Gasteiger charge is 2.36. The third kappa shape index (κ3) is 4.16. The van der Waals surface area contributed by atoms with Crippen molar-refractivity contribution in [3.63, 3.8) is 0 Å². The van der Waals surface area contributed by atoms with Crippen LogP contribution in [0.25, 0.3) is 0 Å². The first-order valence-corrected chi connectivity index (χ1v) is 8.24. The Balaban J connectivity index is 2.18. The number of likely N-dealkylation sites (tertiary alicyclic amines) is 1. The molecule has 1 saturated heterocycles. The van der Waals surface area contributed by atoms with Gasteiger partial charge in [-0.05, 0) is 30.5 Å². The molecule has 2 unspecified atom stereocenters. The van der Waals surface area contributed by atoms with Gasteiger partial charge in [0.2, 0.25) is 5.91 Å². The number of halogens is 1. The van der Waals surface area contributed by atoms with E-state index in [-0.39, 0.29) is 23.8 Å². The SMILES string of the molecule is CCCC1CN(C(=O)c2ccc(Cl)cc2OC)CC1NC(C)=O. The summed E-state index contributed by atoms with van der Waals surface area (Å²) in [6.45, 7) is 4.78. The maximum Gasteiger partial charge on any atom is 0.257 e. The highest BCUT2D eigenvalue weighted by molar-refractivity contribution is 6.30. The van der Waals surface area contributed by atoms with Crippen LogP contribution in [0.2, 0.25) is 5.02 Å². The zero-order valence-electron chi connectivity index (χ0n) is 13.8. The third-order valence-electron chi connectivity index (χ3n) is 4.17. The van der Waals surface area contributed by atoms with E-state index in [4.69, 9.17) is 16.3 Å². The molecule has 1 fully saturated rings. The number of benzene rings is 1. The van der Waals surface area contributed by atoms with Gasteiger partial charge in [-0.15, -0.1) is 0 Å². The number of hydrogen-bond donors (Lipinski definition) is 1. The molecule has 0 saturated carbocycles. The predicted molar refractivity (Wildman–Crippen MR) is 89.9 cm³/mol. The van der Waals surface area contributed by atoms with Crippen LogP contribution in [-0.4, -0.2) is 43.0 Å². The molecule has 1 aromatic carbocycles. The normalized spacial score (nSPS) is 20.4. The van der Waals surface area contributed by atoms with Gasteiger partial charge in [0.25, 0.3) is 5.91 Å². The summed E-state index contributed by atoms with van der Waals surface area (Å²) in [5, 5.41) is 3.49. The van der Waals surface area contributed by atoms with Crippen LogP contribution in [0.3, 0.4) is 0 Å². The van der Waals surface area contributed by atoms with E-state index in [0.717, 1.165) is 12.8 Å². The van der Waals surface area contributed by atoms with E-state index in [1.807, 2.05) is 0 Å². The quantitative estimate of drug-likeness (QED) is 0.898. The molecule has 5 nitrogen and oxygen atoms in total. The maximum atomic E-state index is 12.8. The van der Waals surface area contributed by atoms with Crippen molar-refractivity contribution in [3.8, 4) is 5.75 Å². The topological polar surface area (TPSA) is 58.6 Å². The summed E-state index contributed by atoms with van der Waals surface area (Å²) >= 11 is 5.95. The van der Waals surface area contributed by atoms with Gasteiger partial charge in [-0.2, -0.15) is 0 Å². The second kappa shape index (κ2) is 7.68. The van der Waals surface area contributed by atoms with Gasteiger partial charge in [-0.25, -0.2) is 0 Å². The average Bonchev–Trinajstić information content (AvgIpc) is 2.89. The number of carbonyl (C=O) groups is 2. The van der Waals surface area contributed by atoms with E-state index in [2.05, 4.69) is 12.2 Å². The number of amides is 2. The van der Waals surface area contributed by atoms with Crippen molar-refractivity contribution in [2.75, 3.05) is 20.2 Å². The molecule has 0 spiro atoms. The largest absolute Gasteiger partial charge is 0.496 e. The summed E-state index contributed by atoms with van der Waals surface area (Å²) < 4.78 is 5.27. The smallest absolute Gasteiger partial charge is 0.257 e. The number of hydrogen-bond acceptors (Lipinski definition) is 3. The van der Waals surface area contributed by atoms with Crippen molar-refractivity contribution >= 4 is 23.4 Å². The van der Waals surface area contributed by atoms with Crippen LogP contribution >= 0.6 is 11.6 Å². The minimum absolute atomic E-state index is 0.00898. The lowest BCUT2D eigenvalue weighted by Crippen LogP contribution is -2.39. The highest BCUT2D eigenvalue weighted by Crippen LogP contribution is 2.28. The third-order valence-corrected chi connectivity index (χ3v) is 4.41. The van der Waals surface area contributed by atoms with E-state index >= 15 is 0 Å². The van der Waals surface area contributed by atoms with Crippen LogP contribution in [0.5, 0.6) is 5.75 Å². The Morgan fingerprint density at radius 3 is 2.74 bits per heavy atom. The van der Waals surface area contributed by atoms with Gasteiger partial charge in [0.05, 0.1) is 18.7 Å². The Morgan fingerprint density at radius 2 is 2.13 bits per heavy atom. The fourth-order valence-corrected chi connectivity index (χ4v) is 3.30. The molecular formula is C17H23ClN2O3. The maximum absolute atomic E-state index is 12.8. The number of nitrogens with zero attached hydrogens (tertiary/aromatic N) is 1. The van der Waals surface area contributed by atoms with Gasteiger partial charge >= 0.3 is 0 Å². The molecule has 1 aliphatic heterocycles. The lowest BCUT2D eigenvalue weighted by atomic mass is 9.98. The predicted octanol–water partition coefficient (Wildman–Crippen LogP) is 2.73. The molecule has 6 heteroatoms. The van der Waals surface area contributed by atoms with E-state index in [0.29, 0.717) is 29.4 Å². The summed E-state index contributed by atoms with van der Waals surface area (Å²) in [7, 11) is 1.52. The van der Waals surface area contributed by atoms with E-state index in [1.54, 1.807) is 23.1 Å². The fraction of sp³-hybridized carbons (Fsp3) is 0.529. The summed E-state index contributed by atoms with van der Waals surface area (Å²) in [4.78, 5) is 26.0. The monoisotopic (exact) mass is 338 g/mol. The summed E-state index contributed by atoms with van der Waals surface area (Å²) in [5.74, 6) is 0.602. The molecule has 1 heterocycles. The first kappa shape index (κ1) is 17.6. The Hall–Kier alpha value is -1.75. The Kier molecular flexibility index (Phi) is 5.88. The molecule has 0 radical (unpaired) electrons. The summed E-state index contributed by atoms with van der Waals surface area (Å²) in [5.41, 5.74) is 0.496. The van der Waals surface area contributed by atoms with Crippen molar-refractivity contribution in [2.24, 2.45) is 5.92 Å². The van der Waals surface area contributed by atoms with Gasteiger partial charge in [0.15, 0.2) is 0 Å². The van der Waals surface area contributed by atoms with Crippen molar-refractivity contribution in [1.29, 1.82) is 0 Å². The zero-order chi connectivity index (χ0) is 17.0. The van der Waals surface area contributed by atoms with E-state index < -0.39 is 0 Å². The Morgan fingerprint density at radius 1 is 1.39 bits per heavy atom. The molecule has 126 valence electrons. The van der Waals surface area contributed by atoms with Crippen LogP contribution in [-0.2, 0) is 4.79 Å². The van der Waals surface area contributed by atoms with Gasteiger partial charge in [-0.1, -0.05) is 24.9 Å². The molecule has 2 rings (SSSR count). The first-order valence-electron chi connectivity index (χ1n) is 7.86. The molecular weight excluding hydrogens is 316 g/mol. The number of methoxy groups -OCH3 is 1. The van der Waals surface area contributed by atoms with Crippen molar-refractivity contribution in [1.82, 2.24) is 10.2 Å². The number of carbonyl (C=O) groups excluding carboxylic acids is 2. The standard InChI is InChI=1S/C17H23ClN2O3/c1-4-5-12-9-20(10-15(12)19-11(2)21)17(22)14-7-6-13(18)8-16(14)23-3/h6-8,12,15H,4-5,9-10H2,1-3H3,(H,19,21). The second-order valence-electron chi connectivity index (χ2n) is 5.91. The summed E-state index contributed by atoms with van der Waals surface area (Å²) in [6.07, 6.45) is 2.00. The molecule has 1 aliphatic rings. The van der Waals surface area contributed by atoms with Gasteiger partial charge in [0.1, 0.15) is 5.75 Å². The van der Waals surface area contributed by atoms with Crippen molar-refractivity contribution < 1.29 is 14.3 Å². The Labute approximate surface area is 141 Å². The van der Waals surface area contributed by atoms with Crippen molar-refractivity contribution in [3.05, 3.63) is 28.8 Å². The van der Waals surface area contributed by atoms with Crippen LogP contribution < -0.4 is 10.1 Å². The van der Waals surface area contributed by atoms with Crippen LogP contribution in [0.1, 0.15) is 37.0 Å². The van der Waals surface area contributed by atoms with Gasteiger partial charge in [0, 0.05) is 25.0 Å². The van der Waals surface area contributed by atoms with Crippen molar-refractivity contribution in [2.45, 2.75) is 32.7 Å². The lowest BCUT2D eigenvalue weighted by Gasteiger charge is -2.18. The molecule has 0 aromatic heterocycles. The molecule has 0 bridgehead atoms. The number of nitrogens with one attached hydrogen (secondary N) is 1. The highest BCUT2D eigenvalue weighted by atomic mass is 35.5. The summed E-state index contributed by atoms with van der Waals surface area (Å²) in [6, 6.07) is 5.01. The van der Waals surface area contributed by atoms with Crippen LogP contribution in [0, 0.1) is 5.92 Å². The van der Waals surface area contributed by atoms with Gasteiger partial charge < -0.3 is 15.0 Å². The van der Waals surface area contributed by atoms with Crippen LogP contribution in [0.4, 0.5) is 0 Å². The van der Waals surface area contributed by atoms with Gasteiger partial charge in [-0.3, -0.25) is 9.59 Å². The molecule has 0 aliphatic carbocycles. The zero-order valence-corrected chi connectivity index (χ0v) is 14.5. The molecule has 2 amide bonds. The minimum Gasteiger partial charge on any atom is -0.496 e. The number of ether oxygens (including phenoxy) is 1. The van der Waals surface area contributed by atoms with E-state index in [1.165, 1.54) is 14.0 Å². The molecule has 23 heavy (non-hydrogen) atoms. The second-order valence-corrected chi connectivity index (χ2v) is 6.35. The fourth-order valence-electron chi connectivity index (χ4n) is 3.14. The van der Waals surface area contributed by atoms with E-state index in [9.17, 15) is 9.59 Å². The minimum atomic E-state index is -0.0903. The molecule has 2 atom stereocenters. The number of rotatable bonds is 5. The molecule has 1 N–H and O–H groups in total.